The molecule has 0 aliphatic carbocycles. The van der Waals surface area contributed by atoms with E-state index in [9.17, 15) is 9.18 Å². The van der Waals surface area contributed by atoms with Gasteiger partial charge in [0, 0.05) is 23.8 Å². The lowest BCUT2D eigenvalue weighted by atomic mass is 9.97. The van der Waals surface area contributed by atoms with Gasteiger partial charge in [-0.1, -0.05) is 29.8 Å². The van der Waals surface area contributed by atoms with E-state index in [1.807, 2.05) is 24.3 Å². The van der Waals surface area contributed by atoms with E-state index in [0.29, 0.717) is 12.1 Å². The summed E-state index contributed by atoms with van der Waals surface area (Å²) in [5.41, 5.74) is 8.27. The van der Waals surface area contributed by atoms with Gasteiger partial charge < -0.3 is 10.6 Å². The SMILES string of the molecule is NC1Cc2ccccc2N(C(=O)c2ccc(F)c(Cl)c2)C1. The predicted octanol–water partition coefficient (Wildman–Crippen LogP) is 3.01. The van der Waals surface area contributed by atoms with Crippen LogP contribution in [-0.2, 0) is 6.42 Å². The predicted molar refractivity (Wildman–Crippen MR) is 81.2 cm³/mol. The fraction of sp³-hybridized carbons (Fsp3) is 0.188. The lowest BCUT2D eigenvalue weighted by Gasteiger charge is -2.33. The maximum atomic E-state index is 13.2. The fourth-order valence-electron chi connectivity index (χ4n) is 2.60. The minimum absolute atomic E-state index is 0.0598. The first-order valence-corrected chi connectivity index (χ1v) is 7.04. The second kappa shape index (κ2) is 5.47. The maximum Gasteiger partial charge on any atom is 0.258 e. The van der Waals surface area contributed by atoms with Crippen LogP contribution in [-0.4, -0.2) is 18.5 Å². The third kappa shape index (κ3) is 2.64. The highest BCUT2D eigenvalue weighted by Crippen LogP contribution is 2.28. The molecule has 0 spiro atoms. The summed E-state index contributed by atoms with van der Waals surface area (Å²) in [6.45, 7) is 0.435. The number of para-hydroxylation sites is 1. The summed E-state index contributed by atoms with van der Waals surface area (Å²) in [5.74, 6) is -0.761. The van der Waals surface area contributed by atoms with Crippen molar-refractivity contribution in [1.82, 2.24) is 0 Å². The van der Waals surface area contributed by atoms with Gasteiger partial charge in [0.15, 0.2) is 0 Å². The number of nitrogens with zero attached hydrogens (tertiary/aromatic N) is 1. The van der Waals surface area contributed by atoms with Crippen molar-refractivity contribution in [1.29, 1.82) is 0 Å². The van der Waals surface area contributed by atoms with E-state index in [0.717, 1.165) is 17.7 Å². The smallest absolute Gasteiger partial charge is 0.258 e. The van der Waals surface area contributed by atoms with Gasteiger partial charge >= 0.3 is 0 Å². The first-order chi connectivity index (χ1) is 10.1. The zero-order valence-corrected chi connectivity index (χ0v) is 12.0. The lowest BCUT2D eigenvalue weighted by Crippen LogP contribution is -2.46. The molecule has 1 amide bonds. The molecule has 3 rings (SSSR count). The van der Waals surface area contributed by atoms with Gasteiger partial charge in [-0.25, -0.2) is 4.39 Å². The Balaban J connectivity index is 1.99. The number of amides is 1. The number of benzene rings is 2. The topological polar surface area (TPSA) is 46.3 Å². The van der Waals surface area contributed by atoms with Crippen molar-refractivity contribution in [2.75, 3.05) is 11.4 Å². The lowest BCUT2D eigenvalue weighted by molar-refractivity contribution is 0.0983. The van der Waals surface area contributed by atoms with Gasteiger partial charge in [0.05, 0.1) is 5.02 Å². The van der Waals surface area contributed by atoms with E-state index in [1.165, 1.54) is 18.2 Å². The second-order valence-electron chi connectivity index (χ2n) is 5.14. The van der Waals surface area contributed by atoms with Crippen LogP contribution in [0.2, 0.25) is 5.02 Å². The summed E-state index contributed by atoms with van der Waals surface area (Å²) in [5, 5.41) is -0.0598. The molecular weight excluding hydrogens is 291 g/mol. The molecule has 0 radical (unpaired) electrons. The number of carbonyl (C=O) groups is 1. The zero-order valence-electron chi connectivity index (χ0n) is 11.2. The summed E-state index contributed by atoms with van der Waals surface area (Å²) in [4.78, 5) is 14.3. The van der Waals surface area contributed by atoms with Gasteiger partial charge in [-0.05, 0) is 36.2 Å². The molecule has 0 saturated heterocycles. The van der Waals surface area contributed by atoms with Crippen LogP contribution in [0, 0.1) is 5.82 Å². The van der Waals surface area contributed by atoms with Crippen LogP contribution >= 0.6 is 11.6 Å². The molecule has 0 bridgehead atoms. The van der Waals surface area contributed by atoms with Crippen molar-refractivity contribution in [2.24, 2.45) is 5.73 Å². The average molecular weight is 305 g/mol. The standard InChI is InChI=1S/C16H14ClFN2O/c17-13-8-11(5-6-14(13)18)16(21)20-9-12(19)7-10-3-1-2-4-15(10)20/h1-6,8,12H,7,9,19H2. The molecule has 2 aromatic rings. The molecule has 1 atom stereocenters. The molecule has 5 heteroatoms. The van der Waals surface area contributed by atoms with Crippen molar-refractivity contribution in [2.45, 2.75) is 12.5 Å². The first kappa shape index (κ1) is 14.0. The minimum Gasteiger partial charge on any atom is -0.326 e. The Morgan fingerprint density at radius 1 is 1.29 bits per heavy atom. The van der Waals surface area contributed by atoms with Crippen LogP contribution < -0.4 is 10.6 Å². The summed E-state index contributed by atoms with van der Waals surface area (Å²) >= 11 is 5.76. The van der Waals surface area contributed by atoms with E-state index in [-0.39, 0.29) is 17.0 Å². The largest absolute Gasteiger partial charge is 0.326 e. The molecule has 21 heavy (non-hydrogen) atoms. The maximum absolute atomic E-state index is 13.2. The molecular formula is C16H14ClFN2O. The zero-order chi connectivity index (χ0) is 15.0. The van der Waals surface area contributed by atoms with E-state index in [2.05, 4.69) is 0 Å². The summed E-state index contributed by atoms with van der Waals surface area (Å²) in [6, 6.07) is 11.5. The number of rotatable bonds is 1. The summed E-state index contributed by atoms with van der Waals surface area (Å²) < 4.78 is 13.2. The number of hydrogen-bond donors (Lipinski definition) is 1. The Labute approximate surface area is 127 Å². The van der Waals surface area contributed by atoms with Crippen LogP contribution in [0.3, 0.4) is 0 Å². The van der Waals surface area contributed by atoms with E-state index in [1.54, 1.807) is 4.90 Å². The molecule has 2 aromatic carbocycles. The van der Waals surface area contributed by atoms with Crippen molar-refractivity contribution < 1.29 is 9.18 Å². The van der Waals surface area contributed by atoms with Gasteiger partial charge in [-0.2, -0.15) is 0 Å². The third-order valence-corrected chi connectivity index (χ3v) is 3.88. The van der Waals surface area contributed by atoms with Crippen molar-refractivity contribution in [3.8, 4) is 0 Å². The molecule has 1 unspecified atom stereocenters. The fourth-order valence-corrected chi connectivity index (χ4v) is 2.78. The van der Waals surface area contributed by atoms with Gasteiger partial charge in [-0.15, -0.1) is 0 Å². The van der Waals surface area contributed by atoms with Crippen molar-refractivity contribution >= 4 is 23.2 Å². The minimum atomic E-state index is -0.538. The molecule has 3 nitrogen and oxygen atoms in total. The number of halogens is 2. The Bertz CT molecular complexity index is 704. The van der Waals surface area contributed by atoms with Crippen LogP contribution in [0.15, 0.2) is 42.5 Å². The molecule has 0 saturated carbocycles. The van der Waals surface area contributed by atoms with Gasteiger partial charge in [0.25, 0.3) is 5.91 Å². The van der Waals surface area contributed by atoms with Crippen LogP contribution in [0.5, 0.6) is 0 Å². The summed E-state index contributed by atoms with van der Waals surface area (Å²) in [6.07, 6.45) is 0.740. The number of hydrogen-bond acceptors (Lipinski definition) is 2. The van der Waals surface area contributed by atoms with Gasteiger partial charge in [0.2, 0.25) is 0 Å². The Morgan fingerprint density at radius 3 is 2.81 bits per heavy atom. The molecule has 1 aliphatic heterocycles. The molecule has 1 aliphatic rings. The van der Waals surface area contributed by atoms with E-state index >= 15 is 0 Å². The molecule has 108 valence electrons. The molecule has 1 heterocycles. The highest BCUT2D eigenvalue weighted by molar-refractivity contribution is 6.31. The van der Waals surface area contributed by atoms with E-state index < -0.39 is 5.82 Å². The Hall–Kier alpha value is -1.91. The third-order valence-electron chi connectivity index (χ3n) is 3.59. The number of anilines is 1. The van der Waals surface area contributed by atoms with Crippen molar-refractivity contribution in [3.05, 3.63) is 64.4 Å². The van der Waals surface area contributed by atoms with Crippen molar-refractivity contribution in [3.63, 3.8) is 0 Å². The van der Waals surface area contributed by atoms with Gasteiger partial charge in [0.1, 0.15) is 5.82 Å². The number of nitrogens with two attached hydrogens (primary N) is 1. The highest BCUT2D eigenvalue weighted by atomic mass is 35.5. The highest BCUT2D eigenvalue weighted by Gasteiger charge is 2.27. The van der Waals surface area contributed by atoms with Crippen LogP contribution in [0.25, 0.3) is 0 Å². The summed E-state index contributed by atoms with van der Waals surface area (Å²) in [7, 11) is 0. The van der Waals surface area contributed by atoms with Crippen LogP contribution in [0.4, 0.5) is 10.1 Å². The number of carbonyl (C=O) groups excluding carboxylic acids is 1. The van der Waals surface area contributed by atoms with Gasteiger partial charge in [-0.3, -0.25) is 4.79 Å². The van der Waals surface area contributed by atoms with Crippen LogP contribution in [0.1, 0.15) is 15.9 Å². The monoisotopic (exact) mass is 304 g/mol. The van der Waals surface area contributed by atoms with E-state index in [4.69, 9.17) is 17.3 Å². The molecule has 0 aromatic heterocycles. The quantitative estimate of drug-likeness (QED) is 0.880. The second-order valence-corrected chi connectivity index (χ2v) is 5.54. The average Bonchev–Trinajstić information content (AvgIpc) is 2.48. The molecule has 0 fully saturated rings. The Morgan fingerprint density at radius 2 is 2.05 bits per heavy atom. The number of fused-ring (bicyclic) bond motifs is 1. The first-order valence-electron chi connectivity index (χ1n) is 6.66. The molecule has 2 N–H and O–H groups in total. The normalized spacial score (nSPS) is 17.5. The Kier molecular flexibility index (Phi) is 3.66.